The molecule has 0 saturated carbocycles. The number of carbonyl (C=O) groups excluding carboxylic acids is 2. The predicted octanol–water partition coefficient (Wildman–Crippen LogP) is 1.79. The molecule has 0 aliphatic carbocycles. The van der Waals surface area contributed by atoms with E-state index in [4.69, 9.17) is 14.2 Å². The van der Waals surface area contributed by atoms with Crippen LogP contribution in [0.15, 0.2) is 53.4 Å². The van der Waals surface area contributed by atoms with Crippen LogP contribution in [0.4, 0.5) is 0 Å². The molecule has 2 saturated heterocycles. The van der Waals surface area contributed by atoms with Gasteiger partial charge in [0.25, 0.3) is 0 Å². The van der Waals surface area contributed by atoms with Crippen LogP contribution in [0.1, 0.15) is 25.3 Å². The molecule has 0 aromatic heterocycles. The Balaban J connectivity index is 1.57. The third-order valence-electron chi connectivity index (χ3n) is 6.94. The van der Waals surface area contributed by atoms with Gasteiger partial charge in [-0.15, -0.1) is 0 Å². The quantitative estimate of drug-likeness (QED) is 0.487. The van der Waals surface area contributed by atoms with Crippen molar-refractivity contribution < 1.29 is 32.2 Å². The van der Waals surface area contributed by atoms with E-state index in [0.29, 0.717) is 25.0 Å². The standard InChI is InChI=1S/C26H33N3O7S/c1-4-36-24(30)18-29-25(31)21(16-19-8-6-5-7-9-19)27-26(29)12-14-28(15-13-26)37(32,33)23-17-20(34-2)10-11-22(23)35-3/h5-11,17,21,27H,4,12-16,18H2,1-3H3. The van der Waals surface area contributed by atoms with Gasteiger partial charge in [-0.3, -0.25) is 14.9 Å². The van der Waals surface area contributed by atoms with Crippen LogP contribution in [0.25, 0.3) is 0 Å². The van der Waals surface area contributed by atoms with E-state index in [-0.39, 0.29) is 42.8 Å². The number of carbonyl (C=O) groups is 2. The Morgan fingerprint density at radius 1 is 1.08 bits per heavy atom. The van der Waals surface area contributed by atoms with Crippen LogP contribution in [0.2, 0.25) is 0 Å². The van der Waals surface area contributed by atoms with Gasteiger partial charge in [0.2, 0.25) is 15.9 Å². The zero-order valence-corrected chi connectivity index (χ0v) is 22.1. The first-order valence-corrected chi connectivity index (χ1v) is 13.7. The highest BCUT2D eigenvalue weighted by molar-refractivity contribution is 7.89. The van der Waals surface area contributed by atoms with Gasteiger partial charge in [0.15, 0.2) is 0 Å². The highest BCUT2D eigenvalue weighted by Gasteiger charge is 2.53. The maximum Gasteiger partial charge on any atom is 0.325 e. The maximum absolute atomic E-state index is 13.6. The largest absolute Gasteiger partial charge is 0.497 e. The molecule has 2 aromatic carbocycles. The van der Waals surface area contributed by atoms with Crippen LogP contribution in [0.5, 0.6) is 11.5 Å². The average molecular weight is 532 g/mol. The first-order chi connectivity index (χ1) is 17.7. The minimum Gasteiger partial charge on any atom is -0.497 e. The molecule has 10 nitrogen and oxygen atoms in total. The van der Waals surface area contributed by atoms with Gasteiger partial charge < -0.3 is 19.1 Å². The van der Waals surface area contributed by atoms with E-state index in [2.05, 4.69) is 5.32 Å². The summed E-state index contributed by atoms with van der Waals surface area (Å²) < 4.78 is 44.2. The summed E-state index contributed by atoms with van der Waals surface area (Å²) in [6.07, 6.45) is 1.09. The molecule has 1 spiro atoms. The number of methoxy groups -OCH3 is 2. The molecule has 0 bridgehead atoms. The topological polar surface area (TPSA) is 114 Å². The van der Waals surface area contributed by atoms with Gasteiger partial charge in [0, 0.05) is 19.2 Å². The van der Waals surface area contributed by atoms with Crippen molar-refractivity contribution in [2.24, 2.45) is 0 Å². The van der Waals surface area contributed by atoms with Crippen molar-refractivity contribution in [3.05, 3.63) is 54.1 Å². The Labute approximate surface area is 217 Å². The summed E-state index contributed by atoms with van der Waals surface area (Å²) >= 11 is 0. The molecule has 37 heavy (non-hydrogen) atoms. The molecule has 2 aliphatic heterocycles. The molecule has 1 N–H and O–H groups in total. The molecule has 11 heteroatoms. The molecule has 1 unspecified atom stereocenters. The normalized spacial score (nSPS) is 19.7. The van der Waals surface area contributed by atoms with Gasteiger partial charge in [-0.25, -0.2) is 8.42 Å². The number of nitrogens with zero attached hydrogens (tertiary/aromatic N) is 2. The molecular weight excluding hydrogens is 498 g/mol. The van der Waals surface area contributed by atoms with E-state index in [1.54, 1.807) is 19.1 Å². The Morgan fingerprint density at radius 3 is 2.41 bits per heavy atom. The van der Waals surface area contributed by atoms with Crippen molar-refractivity contribution >= 4 is 21.9 Å². The lowest BCUT2D eigenvalue weighted by Crippen LogP contribution is -2.60. The second-order valence-corrected chi connectivity index (χ2v) is 11.0. The van der Waals surface area contributed by atoms with Crippen LogP contribution < -0.4 is 14.8 Å². The van der Waals surface area contributed by atoms with Gasteiger partial charge in [0.1, 0.15) is 22.9 Å². The van der Waals surface area contributed by atoms with Crippen molar-refractivity contribution in [3.63, 3.8) is 0 Å². The molecule has 1 amide bonds. The molecule has 200 valence electrons. The van der Waals surface area contributed by atoms with Gasteiger partial charge >= 0.3 is 5.97 Å². The molecule has 0 radical (unpaired) electrons. The van der Waals surface area contributed by atoms with Crippen LogP contribution in [0.3, 0.4) is 0 Å². The lowest BCUT2D eigenvalue weighted by molar-refractivity contribution is -0.151. The minimum atomic E-state index is -3.90. The van der Waals surface area contributed by atoms with Crippen molar-refractivity contribution in [2.45, 2.75) is 42.8 Å². The third-order valence-corrected chi connectivity index (χ3v) is 8.86. The fraction of sp³-hybridized carbons (Fsp3) is 0.462. The molecule has 4 rings (SSSR count). The Hall–Kier alpha value is -3.15. The number of ether oxygens (including phenoxy) is 3. The fourth-order valence-corrected chi connectivity index (χ4v) is 6.66. The lowest BCUT2D eigenvalue weighted by atomic mass is 9.97. The van der Waals surface area contributed by atoms with E-state index >= 15 is 0 Å². The summed E-state index contributed by atoms with van der Waals surface area (Å²) in [5.41, 5.74) is 0.139. The summed E-state index contributed by atoms with van der Waals surface area (Å²) in [5.74, 6) is -0.0568. The van der Waals surface area contributed by atoms with Crippen LogP contribution in [0, 0.1) is 0 Å². The second kappa shape index (κ2) is 11.1. The first kappa shape index (κ1) is 26.9. The summed E-state index contributed by atoms with van der Waals surface area (Å²) in [4.78, 5) is 27.4. The summed E-state index contributed by atoms with van der Waals surface area (Å²) in [5, 5.41) is 3.46. The van der Waals surface area contributed by atoms with Crippen LogP contribution in [-0.4, -0.2) is 81.7 Å². The molecule has 2 fully saturated rings. The highest BCUT2D eigenvalue weighted by Crippen LogP contribution is 2.37. The van der Waals surface area contributed by atoms with Crippen LogP contribution >= 0.6 is 0 Å². The van der Waals surface area contributed by atoms with Crippen molar-refractivity contribution in [3.8, 4) is 11.5 Å². The maximum atomic E-state index is 13.6. The fourth-order valence-electron chi connectivity index (χ4n) is 5.05. The SMILES string of the molecule is CCOC(=O)CN1C(=O)C(Cc2ccccc2)NC12CCN(S(=O)(=O)c1cc(OC)ccc1OC)CC2. The molecular formula is C26H33N3O7S. The summed E-state index contributed by atoms with van der Waals surface area (Å²) in [6, 6.07) is 13.8. The van der Waals surface area contributed by atoms with Crippen LogP contribution in [-0.2, 0) is 30.8 Å². The molecule has 2 aromatic rings. The Morgan fingerprint density at radius 2 is 1.78 bits per heavy atom. The zero-order chi connectivity index (χ0) is 26.6. The van der Waals surface area contributed by atoms with Gasteiger partial charge in [-0.1, -0.05) is 30.3 Å². The van der Waals surface area contributed by atoms with Crippen molar-refractivity contribution in [2.75, 3.05) is 40.5 Å². The van der Waals surface area contributed by atoms with E-state index in [1.807, 2.05) is 30.3 Å². The van der Waals surface area contributed by atoms with Gasteiger partial charge in [0.05, 0.1) is 32.5 Å². The highest BCUT2D eigenvalue weighted by atomic mass is 32.2. The summed E-state index contributed by atoms with van der Waals surface area (Å²) in [6.45, 7) is 2.04. The minimum absolute atomic E-state index is 0.0195. The number of piperidine rings is 1. The zero-order valence-electron chi connectivity index (χ0n) is 21.3. The number of amides is 1. The number of sulfonamides is 1. The Kier molecular flexibility index (Phi) is 8.05. The van der Waals surface area contributed by atoms with E-state index in [1.165, 1.54) is 29.5 Å². The monoisotopic (exact) mass is 531 g/mol. The average Bonchev–Trinajstić information content (AvgIpc) is 3.14. The van der Waals surface area contributed by atoms with Gasteiger partial charge in [-0.05, 0) is 43.9 Å². The number of esters is 1. The number of hydrogen-bond acceptors (Lipinski definition) is 8. The number of rotatable bonds is 9. The number of nitrogens with one attached hydrogen (secondary N) is 1. The molecule has 2 heterocycles. The molecule has 2 aliphatic rings. The Bertz CT molecular complexity index is 1230. The van der Waals surface area contributed by atoms with Crippen molar-refractivity contribution in [1.29, 1.82) is 0 Å². The predicted molar refractivity (Wildman–Crippen MR) is 136 cm³/mol. The van der Waals surface area contributed by atoms with E-state index in [0.717, 1.165) is 5.56 Å². The first-order valence-electron chi connectivity index (χ1n) is 12.2. The smallest absolute Gasteiger partial charge is 0.325 e. The number of hydrogen-bond donors (Lipinski definition) is 1. The van der Waals surface area contributed by atoms with E-state index in [9.17, 15) is 18.0 Å². The summed E-state index contributed by atoms with van der Waals surface area (Å²) in [7, 11) is -1.02. The molecule has 1 atom stereocenters. The number of benzene rings is 2. The lowest BCUT2D eigenvalue weighted by Gasteiger charge is -2.43. The second-order valence-electron chi connectivity index (χ2n) is 9.07. The van der Waals surface area contributed by atoms with E-state index < -0.39 is 27.7 Å². The third kappa shape index (κ3) is 5.43. The van der Waals surface area contributed by atoms with Crippen molar-refractivity contribution in [1.82, 2.24) is 14.5 Å². The van der Waals surface area contributed by atoms with Gasteiger partial charge in [-0.2, -0.15) is 4.31 Å².